The van der Waals surface area contributed by atoms with Gasteiger partial charge in [-0.2, -0.15) is 0 Å². The van der Waals surface area contributed by atoms with Crippen molar-refractivity contribution in [1.29, 1.82) is 0 Å². The first-order valence-electron chi connectivity index (χ1n) is 6.99. The maximum atomic E-state index is 12.5. The summed E-state index contributed by atoms with van der Waals surface area (Å²) < 4.78 is 10.5. The number of aliphatic hydroxyl groups excluding tert-OH is 1. The molecule has 0 aliphatic heterocycles. The van der Waals surface area contributed by atoms with Gasteiger partial charge in [-0.05, 0) is 42.7 Å². The van der Waals surface area contributed by atoms with Crippen LogP contribution in [-0.2, 0) is 0 Å². The number of hydrogen-bond donors (Lipinski definition) is 1. The smallest absolute Gasteiger partial charge is 0.195 e. The maximum absolute atomic E-state index is 12.5. The second-order valence-electron chi connectivity index (χ2n) is 5.18. The topological polar surface area (TPSA) is 55.8 Å². The van der Waals surface area contributed by atoms with Crippen LogP contribution in [0, 0.1) is 13.8 Å². The standard InChI is InChI=1S/C18H20O4/c1-11-5-7-13(9-15(11)21-3)17(19)18(20)14-8-6-12(2)16(10-14)22-4/h5-10,17,19H,1-4H3. The summed E-state index contributed by atoms with van der Waals surface area (Å²) in [7, 11) is 3.11. The zero-order valence-corrected chi connectivity index (χ0v) is 13.2. The van der Waals surface area contributed by atoms with Crippen molar-refractivity contribution in [2.75, 3.05) is 14.2 Å². The zero-order valence-electron chi connectivity index (χ0n) is 13.2. The van der Waals surface area contributed by atoms with Gasteiger partial charge in [-0.15, -0.1) is 0 Å². The normalized spacial score (nSPS) is 11.9. The molecule has 1 N–H and O–H groups in total. The van der Waals surface area contributed by atoms with Gasteiger partial charge >= 0.3 is 0 Å². The minimum atomic E-state index is -1.23. The number of methoxy groups -OCH3 is 2. The number of hydrogen-bond acceptors (Lipinski definition) is 4. The van der Waals surface area contributed by atoms with Crippen molar-refractivity contribution in [3.63, 3.8) is 0 Å². The third kappa shape index (κ3) is 3.12. The first-order valence-corrected chi connectivity index (χ1v) is 6.99. The van der Waals surface area contributed by atoms with Gasteiger partial charge in [0.25, 0.3) is 0 Å². The molecule has 0 radical (unpaired) electrons. The van der Waals surface area contributed by atoms with E-state index in [1.807, 2.05) is 19.9 Å². The van der Waals surface area contributed by atoms with Crippen LogP contribution < -0.4 is 9.47 Å². The number of Topliss-reactive ketones (excluding diaryl/α,β-unsaturated/α-hetero) is 1. The molecule has 0 aliphatic rings. The molecule has 0 amide bonds. The summed E-state index contributed by atoms with van der Waals surface area (Å²) in [6.45, 7) is 3.80. The van der Waals surface area contributed by atoms with Gasteiger partial charge in [-0.25, -0.2) is 0 Å². The van der Waals surface area contributed by atoms with Gasteiger partial charge in [-0.1, -0.05) is 24.3 Å². The molecular weight excluding hydrogens is 280 g/mol. The molecule has 1 unspecified atom stereocenters. The lowest BCUT2D eigenvalue weighted by molar-refractivity contribution is 0.0747. The fourth-order valence-electron chi connectivity index (χ4n) is 2.29. The van der Waals surface area contributed by atoms with E-state index < -0.39 is 6.10 Å². The Morgan fingerprint density at radius 1 is 0.955 bits per heavy atom. The predicted molar refractivity (Wildman–Crippen MR) is 84.8 cm³/mol. The average molecular weight is 300 g/mol. The van der Waals surface area contributed by atoms with Crippen LogP contribution in [0.15, 0.2) is 36.4 Å². The van der Waals surface area contributed by atoms with E-state index in [-0.39, 0.29) is 5.78 Å². The Hall–Kier alpha value is -2.33. The molecule has 2 rings (SSSR count). The Kier molecular flexibility index (Phi) is 4.83. The van der Waals surface area contributed by atoms with E-state index in [2.05, 4.69) is 0 Å². The number of ether oxygens (including phenoxy) is 2. The Morgan fingerprint density at radius 3 is 2.09 bits per heavy atom. The summed E-state index contributed by atoms with van der Waals surface area (Å²) in [5, 5.41) is 10.3. The highest BCUT2D eigenvalue weighted by molar-refractivity contribution is 6.00. The minimum Gasteiger partial charge on any atom is -0.496 e. The van der Waals surface area contributed by atoms with Crippen molar-refractivity contribution in [2.45, 2.75) is 20.0 Å². The average Bonchev–Trinajstić information content (AvgIpc) is 2.54. The van der Waals surface area contributed by atoms with Crippen LogP contribution >= 0.6 is 0 Å². The van der Waals surface area contributed by atoms with E-state index in [0.29, 0.717) is 22.6 Å². The molecular formula is C18H20O4. The van der Waals surface area contributed by atoms with Crippen LogP contribution in [0.4, 0.5) is 0 Å². The first-order chi connectivity index (χ1) is 10.5. The van der Waals surface area contributed by atoms with E-state index in [0.717, 1.165) is 11.1 Å². The van der Waals surface area contributed by atoms with E-state index in [9.17, 15) is 9.90 Å². The van der Waals surface area contributed by atoms with Crippen molar-refractivity contribution in [3.8, 4) is 11.5 Å². The molecule has 4 nitrogen and oxygen atoms in total. The first kappa shape index (κ1) is 16.0. The fraction of sp³-hybridized carbons (Fsp3) is 0.278. The van der Waals surface area contributed by atoms with Crippen molar-refractivity contribution >= 4 is 5.78 Å². The van der Waals surface area contributed by atoms with Gasteiger partial charge in [0, 0.05) is 5.56 Å². The van der Waals surface area contributed by atoms with Crippen molar-refractivity contribution in [3.05, 3.63) is 58.7 Å². The number of benzene rings is 2. The van der Waals surface area contributed by atoms with Crippen LogP contribution in [0.5, 0.6) is 11.5 Å². The summed E-state index contributed by atoms with van der Waals surface area (Å²) >= 11 is 0. The maximum Gasteiger partial charge on any atom is 0.195 e. The summed E-state index contributed by atoms with van der Waals surface area (Å²) in [6.07, 6.45) is -1.23. The molecule has 0 bridgehead atoms. The number of carbonyl (C=O) groups excluding carboxylic acids is 1. The van der Waals surface area contributed by atoms with E-state index in [1.165, 1.54) is 0 Å². The molecule has 0 saturated heterocycles. The minimum absolute atomic E-state index is 0.371. The van der Waals surface area contributed by atoms with Crippen LogP contribution in [0.2, 0.25) is 0 Å². The summed E-state index contributed by atoms with van der Waals surface area (Å²) in [6, 6.07) is 10.4. The molecule has 0 spiro atoms. The molecule has 116 valence electrons. The third-order valence-corrected chi connectivity index (χ3v) is 3.69. The summed E-state index contributed by atoms with van der Waals surface area (Å²) in [4.78, 5) is 12.5. The fourth-order valence-corrected chi connectivity index (χ4v) is 2.29. The van der Waals surface area contributed by atoms with E-state index >= 15 is 0 Å². The Labute approximate surface area is 130 Å². The van der Waals surface area contributed by atoms with Crippen LogP contribution in [0.3, 0.4) is 0 Å². The SMILES string of the molecule is COc1cc(C(=O)C(O)c2ccc(C)c(OC)c2)ccc1C. The number of aliphatic hydroxyl groups is 1. The van der Waals surface area contributed by atoms with Gasteiger partial charge in [0.15, 0.2) is 5.78 Å². The zero-order chi connectivity index (χ0) is 16.3. The molecule has 22 heavy (non-hydrogen) atoms. The highest BCUT2D eigenvalue weighted by Gasteiger charge is 2.21. The molecule has 0 heterocycles. The summed E-state index contributed by atoms with van der Waals surface area (Å²) in [5.74, 6) is 0.898. The van der Waals surface area contributed by atoms with E-state index in [4.69, 9.17) is 9.47 Å². The number of ketones is 1. The van der Waals surface area contributed by atoms with Gasteiger partial charge in [0.05, 0.1) is 14.2 Å². The molecule has 0 aromatic heterocycles. The van der Waals surface area contributed by atoms with Crippen molar-refractivity contribution < 1.29 is 19.4 Å². The molecule has 2 aromatic carbocycles. The van der Waals surface area contributed by atoms with Crippen LogP contribution in [0.1, 0.15) is 33.2 Å². The van der Waals surface area contributed by atoms with E-state index in [1.54, 1.807) is 44.6 Å². The number of carbonyl (C=O) groups is 1. The Morgan fingerprint density at radius 2 is 1.50 bits per heavy atom. The molecule has 1 atom stereocenters. The van der Waals surface area contributed by atoms with Crippen LogP contribution in [0.25, 0.3) is 0 Å². The third-order valence-electron chi connectivity index (χ3n) is 3.69. The van der Waals surface area contributed by atoms with Gasteiger partial charge < -0.3 is 14.6 Å². The monoisotopic (exact) mass is 300 g/mol. The lowest BCUT2D eigenvalue weighted by Crippen LogP contribution is -2.13. The predicted octanol–water partition coefficient (Wildman–Crippen LogP) is 3.24. The Balaban J connectivity index is 2.32. The number of rotatable bonds is 5. The van der Waals surface area contributed by atoms with Gasteiger partial charge in [0.1, 0.15) is 17.6 Å². The summed E-state index contributed by atoms with van der Waals surface area (Å²) in [5.41, 5.74) is 2.80. The van der Waals surface area contributed by atoms with Crippen LogP contribution in [-0.4, -0.2) is 25.1 Å². The quantitative estimate of drug-likeness (QED) is 0.861. The molecule has 0 aliphatic carbocycles. The molecule has 0 fully saturated rings. The second-order valence-corrected chi connectivity index (χ2v) is 5.18. The van der Waals surface area contributed by atoms with Crippen molar-refractivity contribution in [2.24, 2.45) is 0 Å². The van der Waals surface area contributed by atoms with Gasteiger partial charge in [0.2, 0.25) is 0 Å². The lowest BCUT2D eigenvalue weighted by atomic mass is 9.98. The molecule has 4 heteroatoms. The second kappa shape index (κ2) is 6.62. The number of aryl methyl sites for hydroxylation is 2. The largest absolute Gasteiger partial charge is 0.496 e. The highest BCUT2D eigenvalue weighted by atomic mass is 16.5. The van der Waals surface area contributed by atoms with Gasteiger partial charge in [-0.3, -0.25) is 4.79 Å². The highest BCUT2D eigenvalue weighted by Crippen LogP contribution is 2.27. The molecule has 0 saturated carbocycles. The van der Waals surface area contributed by atoms with Crippen molar-refractivity contribution in [1.82, 2.24) is 0 Å². The Bertz CT molecular complexity index is 691. The lowest BCUT2D eigenvalue weighted by Gasteiger charge is -2.14. The molecule has 2 aromatic rings.